The molecule has 0 saturated heterocycles. The van der Waals surface area contributed by atoms with E-state index < -0.39 is 5.60 Å². The Labute approximate surface area is 76.2 Å². The predicted molar refractivity (Wildman–Crippen MR) is 52.9 cm³/mol. The molecule has 0 aliphatic heterocycles. The van der Waals surface area contributed by atoms with Crippen LogP contribution in [-0.4, -0.2) is 16.7 Å². The second-order valence-corrected chi connectivity index (χ2v) is 4.79. The smallest absolute Gasteiger partial charge is 0.0744 e. The van der Waals surface area contributed by atoms with Gasteiger partial charge < -0.3 is 10.8 Å². The van der Waals surface area contributed by atoms with Gasteiger partial charge in [-0.1, -0.05) is 20.8 Å². The van der Waals surface area contributed by atoms with Gasteiger partial charge in [0.25, 0.3) is 0 Å². The van der Waals surface area contributed by atoms with Crippen molar-refractivity contribution in [2.24, 2.45) is 17.6 Å². The molecule has 0 radical (unpaired) electrons. The van der Waals surface area contributed by atoms with Crippen molar-refractivity contribution < 1.29 is 5.11 Å². The minimum atomic E-state index is -0.756. The summed E-state index contributed by atoms with van der Waals surface area (Å²) in [6, 6.07) is -0.125. The summed E-state index contributed by atoms with van der Waals surface area (Å²) in [5.74, 6) is 1.03. The lowest BCUT2D eigenvalue weighted by molar-refractivity contribution is 0.0298. The van der Waals surface area contributed by atoms with Crippen LogP contribution in [-0.2, 0) is 0 Å². The lowest BCUT2D eigenvalue weighted by Gasteiger charge is -2.31. The summed E-state index contributed by atoms with van der Waals surface area (Å²) in [7, 11) is 0. The standard InChI is InChI=1S/C10H23NO/c1-7(2)6-8(3)9(11)10(4,5)12/h7-9,12H,6,11H2,1-5H3. The van der Waals surface area contributed by atoms with E-state index in [9.17, 15) is 5.11 Å². The fraction of sp³-hybridized carbons (Fsp3) is 1.00. The second-order valence-electron chi connectivity index (χ2n) is 4.79. The molecule has 3 N–H and O–H groups in total. The molecule has 2 atom stereocenters. The third kappa shape index (κ3) is 4.07. The molecule has 0 fully saturated rings. The van der Waals surface area contributed by atoms with Crippen LogP contribution in [0.25, 0.3) is 0 Å². The van der Waals surface area contributed by atoms with Crippen molar-refractivity contribution in [3.8, 4) is 0 Å². The number of hydrogen-bond donors (Lipinski definition) is 2. The predicted octanol–water partition coefficient (Wildman–Crippen LogP) is 1.77. The molecule has 12 heavy (non-hydrogen) atoms. The van der Waals surface area contributed by atoms with Gasteiger partial charge in [-0.3, -0.25) is 0 Å². The largest absolute Gasteiger partial charge is 0.389 e. The van der Waals surface area contributed by atoms with E-state index in [0.717, 1.165) is 6.42 Å². The third-order valence-electron chi connectivity index (χ3n) is 2.27. The van der Waals surface area contributed by atoms with E-state index in [1.54, 1.807) is 13.8 Å². The van der Waals surface area contributed by atoms with Crippen molar-refractivity contribution in [2.45, 2.75) is 52.7 Å². The third-order valence-corrected chi connectivity index (χ3v) is 2.27. The van der Waals surface area contributed by atoms with Gasteiger partial charge in [0.1, 0.15) is 0 Å². The van der Waals surface area contributed by atoms with E-state index in [0.29, 0.717) is 11.8 Å². The zero-order valence-electron chi connectivity index (χ0n) is 8.96. The summed E-state index contributed by atoms with van der Waals surface area (Å²) < 4.78 is 0. The zero-order valence-corrected chi connectivity index (χ0v) is 8.96. The molecule has 0 rings (SSSR count). The second kappa shape index (κ2) is 4.24. The van der Waals surface area contributed by atoms with Crippen LogP contribution in [0.15, 0.2) is 0 Å². The first-order chi connectivity index (χ1) is 5.25. The Balaban J connectivity index is 4.01. The van der Waals surface area contributed by atoms with Gasteiger partial charge in [-0.25, -0.2) is 0 Å². The van der Waals surface area contributed by atoms with Crippen molar-refractivity contribution in [3.05, 3.63) is 0 Å². The molecule has 2 nitrogen and oxygen atoms in total. The van der Waals surface area contributed by atoms with Crippen molar-refractivity contribution in [1.29, 1.82) is 0 Å². The van der Waals surface area contributed by atoms with Crippen molar-refractivity contribution in [2.75, 3.05) is 0 Å². The quantitative estimate of drug-likeness (QED) is 0.680. The molecule has 74 valence electrons. The van der Waals surface area contributed by atoms with Crippen LogP contribution in [0.5, 0.6) is 0 Å². The molecule has 0 aromatic rings. The van der Waals surface area contributed by atoms with E-state index in [1.807, 2.05) is 0 Å². The van der Waals surface area contributed by atoms with Gasteiger partial charge in [0.2, 0.25) is 0 Å². The highest BCUT2D eigenvalue weighted by atomic mass is 16.3. The molecule has 0 bridgehead atoms. The Hall–Kier alpha value is -0.0800. The van der Waals surface area contributed by atoms with Gasteiger partial charge in [-0.15, -0.1) is 0 Å². The summed E-state index contributed by atoms with van der Waals surface area (Å²) >= 11 is 0. The topological polar surface area (TPSA) is 46.2 Å². The summed E-state index contributed by atoms with van der Waals surface area (Å²) in [6.45, 7) is 9.99. The highest BCUT2D eigenvalue weighted by Crippen LogP contribution is 2.20. The molecule has 0 aromatic carbocycles. The van der Waals surface area contributed by atoms with Crippen LogP contribution in [0.4, 0.5) is 0 Å². The van der Waals surface area contributed by atoms with E-state index >= 15 is 0 Å². The van der Waals surface area contributed by atoms with Crippen LogP contribution in [0.1, 0.15) is 41.0 Å². The molecule has 0 aliphatic rings. The lowest BCUT2D eigenvalue weighted by atomic mass is 9.84. The van der Waals surface area contributed by atoms with Gasteiger partial charge >= 0.3 is 0 Å². The van der Waals surface area contributed by atoms with E-state index in [4.69, 9.17) is 5.73 Å². The molecular formula is C10H23NO. The molecule has 2 unspecified atom stereocenters. The Kier molecular flexibility index (Phi) is 4.21. The van der Waals surface area contributed by atoms with E-state index in [-0.39, 0.29) is 6.04 Å². The van der Waals surface area contributed by atoms with Gasteiger partial charge in [0, 0.05) is 6.04 Å². The number of hydrogen-bond acceptors (Lipinski definition) is 2. The van der Waals surface area contributed by atoms with Gasteiger partial charge in [0.15, 0.2) is 0 Å². The van der Waals surface area contributed by atoms with Crippen LogP contribution in [0.2, 0.25) is 0 Å². The minimum Gasteiger partial charge on any atom is -0.389 e. The van der Waals surface area contributed by atoms with Crippen molar-refractivity contribution in [3.63, 3.8) is 0 Å². The zero-order chi connectivity index (χ0) is 9.94. The summed E-state index contributed by atoms with van der Waals surface area (Å²) in [5, 5.41) is 9.64. The molecular weight excluding hydrogens is 150 g/mol. The first-order valence-corrected chi connectivity index (χ1v) is 4.73. The van der Waals surface area contributed by atoms with Crippen molar-refractivity contribution in [1.82, 2.24) is 0 Å². The molecule has 0 spiro atoms. The highest BCUT2D eigenvalue weighted by Gasteiger charge is 2.28. The molecule has 0 saturated carbocycles. The number of nitrogens with two attached hydrogens (primary N) is 1. The first-order valence-electron chi connectivity index (χ1n) is 4.73. The van der Waals surface area contributed by atoms with E-state index in [1.165, 1.54) is 0 Å². The van der Waals surface area contributed by atoms with Crippen LogP contribution in [0.3, 0.4) is 0 Å². The molecule has 0 amide bonds. The van der Waals surface area contributed by atoms with E-state index in [2.05, 4.69) is 20.8 Å². The van der Waals surface area contributed by atoms with Crippen molar-refractivity contribution >= 4 is 0 Å². The van der Waals surface area contributed by atoms with Gasteiger partial charge in [-0.05, 0) is 32.1 Å². The monoisotopic (exact) mass is 173 g/mol. The highest BCUT2D eigenvalue weighted by molar-refractivity contribution is 4.84. The lowest BCUT2D eigenvalue weighted by Crippen LogP contribution is -2.47. The average Bonchev–Trinajstić information content (AvgIpc) is 1.82. The minimum absolute atomic E-state index is 0.125. The van der Waals surface area contributed by atoms with Gasteiger partial charge in [-0.2, -0.15) is 0 Å². The summed E-state index contributed by atoms with van der Waals surface area (Å²) in [4.78, 5) is 0. The summed E-state index contributed by atoms with van der Waals surface area (Å²) in [5.41, 5.74) is 5.14. The molecule has 0 aliphatic carbocycles. The Morgan fingerprint density at radius 1 is 1.25 bits per heavy atom. The number of rotatable bonds is 4. The Morgan fingerprint density at radius 2 is 1.67 bits per heavy atom. The number of aliphatic hydroxyl groups is 1. The maximum Gasteiger partial charge on any atom is 0.0744 e. The van der Waals surface area contributed by atoms with Gasteiger partial charge in [0.05, 0.1) is 5.60 Å². The molecule has 0 heterocycles. The molecule has 2 heteroatoms. The van der Waals surface area contributed by atoms with Crippen LogP contribution < -0.4 is 5.73 Å². The van der Waals surface area contributed by atoms with Crippen LogP contribution in [0, 0.1) is 11.8 Å². The SMILES string of the molecule is CC(C)CC(C)C(N)C(C)(C)O. The van der Waals surface area contributed by atoms with Crippen LogP contribution >= 0.6 is 0 Å². The summed E-state index contributed by atoms with van der Waals surface area (Å²) in [6.07, 6.45) is 1.07. The fourth-order valence-corrected chi connectivity index (χ4v) is 1.59. The first kappa shape index (κ1) is 11.9. The Morgan fingerprint density at radius 3 is 1.92 bits per heavy atom. The fourth-order valence-electron chi connectivity index (χ4n) is 1.59. The Bertz CT molecular complexity index is 126. The maximum atomic E-state index is 9.64. The maximum absolute atomic E-state index is 9.64. The normalized spacial score (nSPS) is 18.0. The average molecular weight is 173 g/mol. The molecule has 0 aromatic heterocycles.